The van der Waals surface area contributed by atoms with Gasteiger partial charge in [-0.2, -0.15) is 0 Å². The molecule has 3 aromatic heterocycles. The van der Waals surface area contributed by atoms with E-state index in [9.17, 15) is 14.7 Å². The number of amides is 3. The highest BCUT2D eigenvalue weighted by Gasteiger charge is 2.48. The first-order chi connectivity index (χ1) is 20.4. The molecule has 5 aromatic rings. The Kier molecular flexibility index (Phi) is 6.04. The van der Waals surface area contributed by atoms with E-state index in [0.29, 0.717) is 33.8 Å². The van der Waals surface area contributed by atoms with Gasteiger partial charge in [0.05, 0.1) is 12.9 Å². The van der Waals surface area contributed by atoms with E-state index in [1.54, 1.807) is 42.0 Å². The zero-order valence-corrected chi connectivity index (χ0v) is 22.8. The molecule has 11 heteroatoms. The van der Waals surface area contributed by atoms with Crippen LogP contribution in [0.25, 0.3) is 33.2 Å². The van der Waals surface area contributed by atoms with Crippen LogP contribution in [0.15, 0.2) is 61.3 Å². The van der Waals surface area contributed by atoms with Crippen LogP contribution in [0.4, 0.5) is 4.79 Å². The van der Waals surface area contributed by atoms with Gasteiger partial charge in [-0.3, -0.25) is 10.1 Å². The van der Waals surface area contributed by atoms with Crippen LogP contribution < -0.4 is 15.4 Å². The number of imide groups is 1. The maximum absolute atomic E-state index is 13.3. The van der Waals surface area contributed by atoms with Crippen LogP contribution in [0, 0.1) is 17.8 Å². The van der Waals surface area contributed by atoms with E-state index in [-0.39, 0.29) is 19.0 Å². The summed E-state index contributed by atoms with van der Waals surface area (Å²) in [5, 5.41) is 17.6. The highest BCUT2D eigenvalue weighted by molar-refractivity contribution is 6.07. The minimum absolute atomic E-state index is 0.0364. The molecule has 0 radical (unpaired) electrons. The second kappa shape index (κ2) is 9.92. The third-order valence-corrected chi connectivity index (χ3v) is 7.87. The molecule has 2 aromatic carbocycles. The number of rotatable bonds is 8. The third kappa shape index (κ3) is 4.37. The van der Waals surface area contributed by atoms with Crippen molar-refractivity contribution in [3.63, 3.8) is 0 Å². The zero-order chi connectivity index (χ0) is 28.8. The van der Waals surface area contributed by atoms with Crippen LogP contribution in [0.2, 0.25) is 0 Å². The molecule has 1 aliphatic heterocycles. The standard InChI is InChI=1S/C31H27N7O4/c1-2-3-12-42-23-11-8-21-15-37(28(39)24(21)13-23)16-31(29(40)35-30(41)36-31)22-9-6-20(7-10-22)25-26-27(33-17-32-25)38(18-34-26)14-19-4-5-19/h6-11,13,15,17-19,39H,4-5,12,14,16H2,1H3,(H2,35,36,40,41)/t31-/m0/s1. The zero-order valence-electron chi connectivity index (χ0n) is 22.8. The molecular formula is C31H27N7O4. The van der Waals surface area contributed by atoms with Crippen molar-refractivity contribution in [1.82, 2.24) is 34.7 Å². The van der Waals surface area contributed by atoms with E-state index in [2.05, 4.69) is 42.0 Å². The fourth-order valence-electron chi connectivity index (χ4n) is 5.50. The number of hydrogen-bond acceptors (Lipinski definition) is 7. The van der Waals surface area contributed by atoms with Crippen LogP contribution >= 0.6 is 0 Å². The molecule has 1 saturated carbocycles. The molecule has 7 rings (SSSR count). The molecule has 1 aliphatic carbocycles. The molecule has 2 fully saturated rings. The Hall–Kier alpha value is -5.37. The molecule has 3 N–H and O–H groups in total. The van der Waals surface area contributed by atoms with Gasteiger partial charge in [0, 0.05) is 29.1 Å². The monoisotopic (exact) mass is 561 g/mol. The van der Waals surface area contributed by atoms with Gasteiger partial charge in [-0.05, 0) is 49.4 Å². The van der Waals surface area contributed by atoms with Gasteiger partial charge in [0.1, 0.15) is 29.9 Å². The van der Waals surface area contributed by atoms with E-state index in [0.717, 1.165) is 23.1 Å². The predicted octanol–water partition coefficient (Wildman–Crippen LogP) is 3.70. The minimum Gasteiger partial charge on any atom is -0.494 e. The average Bonchev–Trinajstić information content (AvgIpc) is 3.54. The Labute approximate surface area is 240 Å². The summed E-state index contributed by atoms with van der Waals surface area (Å²) in [5.41, 5.74) is 2.09. The second-order valence-electron chi connectivity index (χ2n) is 10.7. The molecule has 0 spiro atoms. The van der Waals surface area contributed by atoms with Crippen LogP contribution in [0.5, 0.6) is 11.6 Å². The molecule has 1 atom stereocenters. The summed E-state index contributed by atoms with van der Waals surface area (Å²) in [6.45, 7) is 2.83. The number of imidazole rings is 1. The van der Waals surface area contributed by atoms with Crippen molar-refractivity contribution in [2.45, 2.75) is 38.4 Å². The lowest BCUT2D eigenvalue weighted by molar-refractivity contribution is -0.124. The largest absolute Gasteiger partial charge is 0.494 e. The number of nitrogens with zero attached hydrogens (tertiary/aromatic N) is 5. The number of benzene rings is 2. The number of hydrogen-bond donors (Lipinski definition) is 3. The summed E-state index contributed by atoms with van der Waals surface area (Å²) in [4.78, 5) is 39.3. The Morgan fingerprint density at radius 3 is 2.67 bits per heavy atom. The van der Waals surface area contributed by atoms with E-state index in [1.807, 2.05) is 24.5 Å². The van der Waals surface area contributed by atoms with E-state index >= 15 is 0 Å². The highest BCUT2D eigenvalue weighted by atomic mass is 16.5. The molecule has 4 heterocycles. The number of carbonyl (C=O) groups is 2. The normalized spacial score (nSPS) is 18.1. The topological polar surface area (TPSA) is 136 Å². The van der Waals surface area contributed by atoms with Crippen LogP contribution in [-0.2, 0) is 23.4 Å². The molecule has 2 aliphatic rings. The second-order valence-corrected chi connectivity index (χ2v) is 10.7. The number of carbonyl (C=O) groups excluding carboxylic acids is 2. The Balaban J connectivity index is 1.22. The van der Waals surface area contributed by atoms with Gasteiger partial charge in [0.2, 0.25) is 0 Å². The van der Waals surface area contributed by atoms with Crippen molar-refractivity contribution in [1.29, 1.82) is 0 Å². The summed E-state index contributed by atoms with van der Waals surface area (Å²) < 4.78 is 9.26. The van der Waals surface area contributed by atoms with Crippen molar-refractivity contribution in [3.8, 4) is 34.7 Å². The fourth-order valence-corrected chi connectivity index (χ4v) is 5.50. The van der Waals surface area contributed by atoms with Crippen molar-refractivity contribution in [3.05, 3.63) is 66.9 Å². The highest BCUT2D eigenvalue weighted by Crippen LogP contribution is 2.36. The van der Waals surface area contributed by atoms with E-state index in [1.165, 1.54) is 19.2 Å². The van der Waals surface area contributed by atoms with Crippen LogP contribution in [0.1, 0.15) is 25.3 Å². The minimum atomic E-state index is -1.45. The van der Waals surface area contributed by atoms with E-state index in [4.69, 9.17) is 4.74 Å². The van der Waals surface area contributed by atoms with Crippen molar-refractivity contribution in [2.24, 2.45) is 5.92 Å². The Morgan fingerprint density at radius 2 is 1.93 bits per heavy atom. The molecule has 11 nitrogen and oxygen atoms in total. The Bertz CT molecular complexity index is 1930. The first-order valence-electron chi connectivity index (χ1n) is 13.7. The predicted molar refractivity (Wildman–Crippen MR) is 154 cm³/mol. The maximum Gasteiger partial charge on any atom is 0.322 e. The van der Waals surface area contributed by atoms with Gasteiger partial charge in [-0.15, -0.1) is 5.92 Å². The summed E-state index contributed by atoms with van der Waals surface area (Å²) in [7, 11) is 0. The van der Waals surface area contributed by atoms with Gasteiger partial charge >= 0.3 is 6.03 Å². The first kappa shape index (κ1) is 25.6. The molecule has 0 bridgehead atoms. The molecule has 210 valence electrons. The SMILES string of the molecule is CC#CCOc1ccc2cn(C[C@@]3(c4ccc(-c5ncnc6c5ncn6CC5CC5)cc4)NC(=O)NC3=O)c(O)c2c1. The molecule has 0 unspecified atom stereocenters. The van der Waals surface area contributed by atoms with Crippen LogP contribution in [0.3, 0.4) is 0 Å². The molecule has 3 amide bonds. The average molecular weight is 562 g/mol. The van der Waals surface area contributed by atoms with Gasteiger partial charge in [-0.1, -0.05) is 30.2 Å². The number of nitrogens with one attached hydrogen (secondary N) is 2. The van der Waals surface area contributed by atoms with Crippen molar-refractivity contribution < 1.29 is 19.4 Å². The Morgan fingerprint density at radius 1 is 1.10 bits per heavy atom. The molecular weight excluding hydrogens is 534 g/mol. The first-order valence-corrected chi connectivity index (χ1v) is 13.7. The fraction of sp³-hybridized carbons (Fsp3) is 0.258. The molecule has 42 heavy (non-hydrogen) atoms. The van der Waals surface area contributed by atoms with Gasteiger partial charge < -0.3 is 24.3 Å². The van der Waals surface area contributed by atoms with Gasteiger partial charge in [0.15, 0.2) is 17.1 Å². The van der Waals surface area contributed by atoms with Crippen molar-refractivity contribution >= 4 is 33.9 Å². The molecule has 1 saturated heterocycles. The van der Waals surface area contributed by atoms with Gasteiger partial charge in [-0.25, -0.2) is 19.7 Å². The van der Waals surface area contributed by atoms with E-state index < -0.39 is 17.5 Å². The lowest BCUT2D eigenvalue weighted by Crippen LogP contribution is -2.47. The maximum atomic E-state index is 13.3. The quantitative estimate of drug-likeness (QED) is 0.194. The van der Waals surface area contributed by atoms with Crippen LogP contribution in [-0.4, -0.2) is 47.7 Å². The number of fused-ring (bicyclic) bond motifs is 2. The third-order valence-electron chi connectivity index (χ3n) is 7.87. The van der Waals surface area contributed by atoms with Gasteiger partial charge in [0.25, 0.3) is 5.91 Å². The number of aromatic hydroxyl groups is 1. The lowest BCUT2D eigenvalue weighted by atomic mass is 9.88. The van der Waals surface area contributed by atoms with Crippen molar-refractivity contribution in [2.75, 3.05) is 6.61 Å². The number of aromatic nitrogens is 5. The summed E-state index contributed by atoms with van der Waals surface area (Å²) in [5.74, 6) is 6.30. The summed E-state index contributed by atoms with van der Waals surface area (Å²) in [6, 6.07) is 12.0. The number of urea groups is 1. The number of ether oxygens (including phenoxy) is 1. The smallest absolute Gasteiger partial charge is 0.322 e. The summed E-state index contributed by atoms with van der Waals surface area (Å²) >= 11 is 0. The summed E-state index contributed by atoms with van der Waals surface area (Å²) in [6.07, 6.45) is 7.54. The lowest BCUT2D eigenvalue weighted by Gasteiger charge is -2.27.